The van der Waals surface area contributed by atoms with Crippen molar-refractivity contribution < 1.29 is 19.0 Å². The van der Waals surface area contributed by atoms with Crippen LogP contribution in [0.1, 0.15) is 23.2 Å². The van der Waals surface area contributed by atoms with E-state index in [2.05, 4.69) is 15.0 Å². The predicted molar refractivity (Wildman–Crippen MR) is 80.3 cm³/mol. The maximum Gasteiger partial charge on any atom is 0.316 e. The molecule has 1 saturated heterocycles. The number of ether oxygens (including phenoxy) is 1. The van der Waals surface area contributed by atoms with Gasteiger partial charge in [-0.05, 0) is 12.8 Å². The molecule has 1 atom stereocenters. The quantitative estimate of drug-likeness (QED) is 0.855. The van der Waals surface area contributed by atoms with E-state index in [-0.39, 0.29) is 36.0 Å². The molecule has 0 aromatic carbocycles. The average Bonchev–Trinajstić information content (AvgIpc) is 2.56. The van der Waals surface area contributed by atoms with Crippen LogP contribution in [0.3, 0.4) is 0 Å². The summed E-state index contributed by atoms with van der Waals surface area (Å²) < 4.78 is 18.4. The molecule has 1 aliphatic heterocycles. The zero-order valence-corrected chi connectivity index (χ0v) is 12.6. The van der Waals surface area contributed by atoms with Crippen molar-refractivity contribution in [3.63, 3.8) is 0 Å². The second-order valence-corrected chi connectivity index (χ2v) is 5.44. The number of halogens is 1. The number of hydrogen-bond acceptors (Lipinski definition) is 6. The van der Waals surface area contributed by atoms with E-state index >= 15 is 0 Å². The Hall–Kier alpha value is -2.97. The predicted octanol–water partition coefficient (Wildman–Crippen LogP) is 0.693. The Kier molecular flexibility index (Phi) is 4.41. The average molecular weight is 334 g/mol. The molecule has 1 aliphatic rings. The summed E-state index contributed by atoms with van der Waals surface area (Å²) in [5, 5.41) is 9.41. The number of aromatic nitrogens is 3. The lowest BCUT2D eigenvalue weighted by Crippen LogP contribution is -2.44. The summed E-state index contributed by atoms with van der Waals surface area (Å²) in [6, 6.07) is 2.39. The molecule has 0 spiro atoms. The third-order valence-corrected chi connectivity index (χ3v) is 3.61. The van der Waals surface area contributed by atoms with Crippen molar-refractivity contribution in [2.75, 3.05) is 13.1 Å². The first kappa shape index (κ1) is 15.9. The second-order valence-electron chi connectivity index (χ2n) is 5.44. The highest BCUT2D eigenvalue weighted by atomic mass is 19.1. The molecule has 126 valence electrons. The lowest BCUT2D eigenvalue weighted by atomic mass is 10.1. The number of likely N-dealkylation sites (tertiary alicyclic amines) is 1. The topological polar surface area (TPSA) is 108 Å². The molecule has 8 nitrogen and oxygen atoms in total. The number of H-pyrrole nitrogens is 1. The molecular formula is C15H15FN4O4. The Bertz CT molecular complexity index is 793. The molecule has 1 amide bonds. The van der Waals surface area contributed by atoms with Gasteiger partial charge in [-0.1, -0.05) is 0 Å². The van der Waals surface area contributed by atoms with E-state index in [4.69, 9.17) is 4.74 Å². The number of nitrogens with one attached hydrogen (secondary N) is 1. The van der Waals surface area contributed by atoms with Gasteiger partial charge in [-0.15, -0.1) is 0 Å². The zero-order chi connectivity index (χ0) is 17.1. The maximum absolute atomic E-state index is 12.8. The van der Waals surface area contributed by atoms with E-state index in [1.165, 1.54) is 11.0 Å². The van der Waals surface area contributed by atoms with Crippen molar-refractivity contribution in [1.82, 2.24) is 19.9 Å². The van der Waals surface area contributed by atoms with Gasteiger partial charge in [-0.2, -0.15) is 0 Å². The molecule has 1 fully saturated rings. The number of hydrogen-bond donors (Lipinski definition) is 2. The van der Waals surface area contributed by atoms with Crippen molar-refractivity contribution in [3.05, 3.63) is 46.3 Å². The molecule has 0 bridgehead atoms. The summed E-state index contributed by atoms with van der Waals surface area (Å²) in [5.41, 5.74) is -0.446. The Morgan fingerprint density at radius 1 is 1.38 bits per heavy atom. The van der Waals surface area contributed by atoms with Gasteiger partial charge in [0.2, 0.25) is 0 Å². The van der Waals surface area contributed by atoms with Gasteiger partial charge in [0.15, 0.2) is 11.7 Å². The Balaban J connectivity index is 1.69. The first-order valence-corrected chi connectivity index (χ1v) is 7.38. The standard InChI is InChI=1S/C15H15FN4O4/c16-10-6-17-15(18-7-10)24-11-2-1-3-20(8-11)14(23)9-4-12(21)19-13(22)5-9/h4-7,11H,1-3,8H2,(H2,19,21,22). The van der Waals surface area contributed by atoms with Crippen molar-refractivity contribution >= 4 is 5.91 Å². The van der Waals surface area contributed by atoms with Crippen LogP contribution in [0.2, 0.25) is 0 Å². The molecule has 2 N–H and O–H groups in total. The first-order chi connectivity index (χ1) is 11.5. The molecule has 0 radical (unpaired) electrons. The van der Waals surface area contributed by atoms with Crippen molar-refractivity contribution in [3.8, 4) is 11.9 Å². The fraction of sp³-hybridized carbons (Fsp3) is 0.333. The third-order valence-electron chi connectivity index (χ3n) is 3.61. The van der Waals surface area contributed by atoms with Gasteiger partial charge in [0.05, 0.1) is 24.5 Å². The highest BCUT2D eigenvalue weighted by Gasteiger charge is 2.26. The molecule has 3 heterocycles. The van der Waals surface area contributed by atoms with Crippen molar-refractivity contribution in [1.29, 1.82) is 0 Å². The van der Waals surface area contributed by atoms with Crippen LogP contribution in [0.25, 0.3) is 0 Å². The van der Waals surface area contributed by atoms with E-state index in [1.807, 2.05) is 0 Å². The van der Waals surface area contributed by atoms with E-state index in [0.29, 0.717) is 19.4 Å². The Morgan fingerprint density at radius 2 is 2.12 bits per heavy atom. The molecule has 1 unspecified atom stereocenters. The summed E-state index contributed by atoms with van der Waals surface area (Å²) in [5.74, 6) is -1.29. The summed E-state index contributed by atoms with van der Waals surface area (Å²) in [7, 11) is 0. The third kappa shape index (κ3) is 3.67. The fourth-order valence-electron chi connectivity index (χ4n) is 2.56. The van der Waals surface area contributed by atoms with Gasteiger partial charge in [0, 0.05) is 18.7 Å². The number of pyridine rings is 1. The largest absolute Gasteiger partial charge is 0.494 e. The van der Waals surface area contributed by atoms with E-state index in [9.17, 15) is 19.1 Å². The number of carbonyl (C=O) groups excluding carboxylic acids is 1. The molecule has 2 aromatic rings. The zero-order valence-electron chi connectivity index (χ0n) is 12.6. The Labute approximate surface area is 135 Å². The van der Waals surface area contributed by atoms with Crippen LogP contribution < -0.4 is 10.3 Å². The minimum absolute atomic E-state index is 0.0458. The van der Waals surface area contributed by atoms with Crippen LogP contribution >= 0.6 is 0 Å². The minimum Gasteiger partial charge on any atom is -0.494 e. The molecule has 9 heteroatoms. The van der Waals surface area contributed by atoms with Gasteiger partial charge in [-0.3, -0.25) is 14.6 Å². The van der Waals surface area contributed by atoms with Gasteiger partial charge in [0.25, 0.3) is 11.5 Å². The highest BCUT2D eigenvalue weighted by Crippen LogP contribution is 2.18. The van der Waals surface area contributed by atoms with E-state index in [0.717, 1.165) is 18.5 Å². The number of aromatic hydroxyl groups is 1. The lowest BCUT2D eigenvalue weighted by Gasteiger charge is -2.32. The molecule has 24 heavy (non-hydrogen) atoms. The molecular weight excluding hydrogens is 319 g/mol. The first-order valence-electron chi connectivity index (χ1n) is 7.38. The second kappa shape index (κ2) is 6.65. The fourth-order valence-corrected chi connectivity index (χ4v) is 2.56. The summed E-state index contributed by atoms with van der Waals surface area (Å²) in [4.78, 5) is 35.0. The number of amides is 1. The van der Waals surface area contributed by atoms with Crippen LogP contribution in [-0.4, -0.2) is 50.1 Å². The highest BCUT2D eigenvalue weighted by molar-refractivity contribution is 5.94. The molecule has 0 aliphatic carbocycles. The summed E-state index contributed by atoms with van der Waals surface area (Å²) in [6.07, 6.45) is 3.08. The summed E-state index contributed by atoms with van der Waals surface area (Å²) >= 11 is 0. The number of rotatable bonds is 3. The van der Waals surface area contributed by atoms with Gasteiger partial charge >= 0.3 is 6.01 Å². The maximum atomic E-state index is 12.8. The van der Waals surface area contributed by atoms with E-state index in [1.54, 1.807) is 0 Å². The van der Waals surface area contributed by atoms with Gasteiger partial charge in [-0.25, -0.2) is 14.4 Å². The van der Waals surface area contributed by atoms with E-state index < -0.39 is 11.4 Å². The number of carbonyl (C=O) groups is 1. The molecule has 2 aromatic heterocycles. The normalized spacial score (nSPS) is 17.5. The van der Waals surface area contributed by atoms with Crippen LogP contribution in [0, 0.1) is 5.82 Å². The minimum atomic E-state index is -0.558. The smallest absolute Gasteiger partial charge is 0.316 e. The van der Waals surface area contributed by atoms with Crippen LogP contribution in [-0.2, 0) is 0 Å². The Morgan fingerprint density at radius 3 is 2.83 bits per heavy atom. The molecule has 0 saturated carbocycles. The number of aromatic amines is 1. The lowest BCUT2D eigenvalue weighted by molar-refractivity contribution is 0.0514. The van der Waals surface area contributed by atoms with Crippen molar-refractivity contribution in [2.24, 2.45) is 0 Å². The summed E-state index contributed by atoms with van der Waals surface area (Å²) in [6.45, 7) is 0.795. The van der Waals surface area contributed by atoms with Crippen molar-refractivity contribution in [2.45, 2.75) is 18.9 Å². The van der Waals surface area contributed by atoms with Gasteiger partial charge in [0.1, 0.15) is 6.10 Å². The molecule has 3 rings (SSSR count). The SMILES string of the molecule is O=C(c1cc(O)[nH]c(=O)c1)N1CCCC(Oc2ncc(F)cn2)C1. The van der Waals surface area contributed by atoms with Crippen LogP contribution in [0.15, 0.2) is 29.3 Å². The van der Waals surface area contributed by atoms with Crippen LogP contribution in [0.4, 0.5) is 4.39 Å². The van der Waals surface area contributed by atoms with Gasteiger partial charge < -0.3 is 14.7 Å². The monoisotopic (exact) mass is 334 g/mol. The number of nitrogens with zero attached hydrogens (tertiary/aromatic N) is 3. The van der Waals surface area contributed by atoms with Crippen LogP contribution in [0.5, 0.6) is 11.9 Å². The number of piperidine rings is 1.